The molecule has 1 aromatic heterocycles. The van der Waals surface area contributed by atoms with Crippen LogP contribution in [0.4, 0.5) is 0 Å². The molecule has 0 amide bonds. The van der Waals surface area contributed by atoms with Gasteiger partial charge in [0.05, 0.1) is 11.1 Å². The zero-order valence-electron chi connectivity index (χ0n) is 11.8. The van der Waals surface area contributed by atoms with E-state index in [1.54, 1.807) is 6.07 Å². The second-order valence-electron chi connectivity index (χ2n) is 5.96. The fraction of sp³-hybridized carbons (Fsp3) is 0.500. The predicted octanol–water partition coefficient (Wildman–Crippen LogP) is 3.68. The van der Waals surface area contributed by atoms with Crippen LogP contribution in [0.3, 0.4) is 0 Å². The summed E-state index contributed by atoms with van der Waals surface area (Å²) in [5.41, 5.74) is 2.00. The van der Waals surface area contributed by atoms with E-state index in [0.717, 1.165) is 17.1 Å². The number of thioether (sulfide) groups is 1. The molecule has 1 aliphatic carbocycles. The molecule has 2 aliphatic rings. The van der Waals surface area contributed by atoms with Crippen LogP contribution < -0.4 is 0 Å². The van der Waals surface area contributed by atoms with Crippen LogP contribution in [0.15, 0.2) is 18.2 Å². The van der Waals surface area contributed by atoms with E-state index in [1.807, 2.05) is 23.9 Å². The highest BCUT2D eigenvalue weighted by atomic mass is 32.2. The van der Waals surface area contributed by atoms with Gasteiger partial charge in [-0.05, 0) is 43.6 Å². The van der Waals surface area contributed by atoms with Gasteiger partial charge in [-0.25, -0.2) is 9.78 Å². The van der Waals surface area contributed by atoms with Crippen molar-refractivity contribution in [1.29, 1.82) is 0 Å². The third-order valence-corrected chi connectivity index (χ3v) is 5.62. The molecule has 0 spiro atoms. The van der Waals surface area contributed by atoms with E-state index in [-0.39, 0.29) is 0 Å². The Morgan fingerprint density at radius 3 is 2.86 bits per heavy atom. The van der Waals surface area contributed by atoms with Crippen molar-refractivity contribution in [3.8, 4) is 0 Å². The Morgan fingerprint density at radius 2 is 2.19 bits per heavy atom. The van der Waals surface area contributed by atoms with Crippen molar-refractivity contribution in [1.82, 2.24) is 9.55 Å². The Labute approximate surface area is 127 Å². The molecule has 110 valence electrons. The van der Waals surface area contributed by atoms with Crippen LogP contribution in [0, 0.1) is 0 Å². The molecule has 2 aromatic rings. The molecule has 2 heterocycles. The van der Waals surface area contributed by atoms with Gasteiger partial charge in [0.1, 0.15) is 11.3 Å². The third kappa shape index (κ3) is 2.24. The molecule has 1 atom stereocenters. The smallest absolute Gasteiger partial charge is 0.337 e. The molecule has 0 bridgehead atoms. The van der Waals surface area contributed by atoms with E-state index in [4.69, 9.17) is 4.98 Å². The molecule has 1 saturated heterocycles. The van der Waals surface area contributed by atoms with Crippen LogP contribution in [0.1, 0.15) is 53.8 Å². The molecule has 1 unspecified atom stereocenters. The average molecular weight is 302 g/mol. The summed E-state index contributed by atoms with van der Waals surface area (Å²) < 4.78 is 2.35. The minimum atomic E-state index is -0.884. The third-order valence-electron chi connectivity index (χ3n) is 4.42. The number of fused-ring (bicyclic) bond motifs is 1. The van der Waals surface area contributed by atoms with Crippen LogP contribution in [0.2, 0.25) is 0 Å². The lowest BCUT2D eigenvalue weighted by molar-refractivity contribution is 0.0699. The van der Waals surface area contributed by atoms with Crippen LogP contribution in [0.5, 0.6) is 0 Å². The summed E-state index contributed by atoms with van der Waals surface area (Å²) >= 11 is 2.00. The highest BCUT2D eigenvalue weighted by Crippen LogP contribution is 2.43. The number of carboxylic acids is 1. The Hall–Kier alpha value is -1.49. The van der Waals surface area contributed by atoms with Gasteiger partial charge in [-0.2, -0.15) is 11.8 Å². The van der Waals surface area contributed by atoms with Gasteiger partial charge in [-0.1, -0.05) is 6.07 Å². The average Bonchev–Trinajstić information content (AvgIpc) is 3.27. The lowest BCUT2D eigenvalue weighted by Gasteiger charge is -2.25. The normalized spacial score (nSPS) is 22.6. The van der Waals surface area contributed by atoms with Crippen molar-refractivity contribution in [2.24, 2.45) is 0 Å². The monoisotopic (exact) mass is 302 g/mol. The Kier molecular flexibility index (Phi) is 3.17. The second-order valence-corrected chi connectivity index (χ2v) is 7.11. The van der Waals surface area contributed by atoms with E-state index < -0.39 is 5.97 Å². The van der Waals surface area contributed by atoms with Gasteiger partial charge in [-0.3, -0.25) is 0 Å². The molecule has 4 rings (SSSR count). The molecular weight excluding hydrogens is 284 g/mol. The molecule has 1 saturated carbocycles. The number of nitrogens with zero attached hydrogens (tertiary/aromatic N) is 2. The van der Waals surface area contributed by atoms with E-state index in [9.17, 15) is 9.90 Å². The first-order valence-electron chi connectivity index (χ1n) is 7.57. The Bertz CT molecular complexity index is 700. The Balaban J connectivity index is 1.91. The van der Waals surface area contributed by atoms with E-state index in [2.05, 4.69) is 4.57 Å². The summed E-state index contributed by atoms with van der Waals surface area (Å²) in [6.45, 7) is 0. The van der Waals surface area contributed by atoms with Gasteiger partial charge >= 0.3 is 5.97 Å². The summed E-state index contributed by atoms with van der Waals surface area (Å²) in [6.07, 6.45) is 4.78. The van der Waals surface area contributed by atoms with Gasteiger partial charge < -0.3 is 9.67 Å². The fourth-order valence-corrected chi connectivity index (χ4v) is 4.37. The largest absolute Gasteiger partial charge is 0.478 e. The van der Waals surface area contributed by atoms with Gasteiger partial charge in [-0.15, -0.1) is 0 Å². The highest BCUT2D eigenvalue weighted by molar-refractivity contribution is 7.99. The molecule has 1 aliphatic heterocycles. The van der Waals surface area contributed by atoms with Crippen molar-refractivity contribution in [2.75, 3.05) is 11.5 Å². The Morgan fingerprint density at radius 1 is 1.33 bits per heavy atom. The van der Waals surface area contributed by atoms with Crippen LogP contribution >= 0.6 is 11.8 Å². The number of carboxylic acid groups (broad SMARTS) is 1. The molecule has 2 fully saturated rings. The van der Waals surface area contributed by atoms with Crippen LogP contribution in [-0.2, 0) is 0 Å². The highest BCUT2D eigenvalue weighted by Gasteiger charge is 2.33. The maximum atomic E-state index is 11.4. The molecule has 21 heavy (non-hydrogen) atoms. The lowest BCUT2D eigenvalue weighted by atomic mass is 10.1. The molecule has 1 aromatic carbocycles. The molecule has 5 heteroatoms. The lowest BCUT2D eigenvalue weighted by Crippen LogP contribution is -2.18. The first-order valence-corrected chi connectivity index (χ1v) is 8.73. The SMILES string of the molecule is O=C(O)c1cccc2c1nc(C1CC1)n2C1CCCSC1. The van der Waals surface area contributed by atoms with Crippen molar-refractivity contribution in [3.05, 3.63) is 29.6 Å². The number of aromatic nitrogens is 2. The van der Waals surface area contributed by atoms with Gasteiger partial charge in [0, 0.05) is 17.7 Å². The van der Waals surface area contributed by atoms with Crippen LogP contribution in [0.25, 0.3) is 11.0 Å². The van der Waals surface area contributed by atoms with Crippen molar-refractivity contribution in [2.45, 2.75) is 37.6 Å². The first kappa shape index (κ1) is 13.2. The minimum Gasteiger partial charge on any atom is -0.478 e. The number of hydrogen-bond donors (Lipinski definition) is 1. The summed E-state index contributed by atoms with van der Waals surface area (Å²) in [5, 5.41) is 9.39. The van der Waals surface area contributed by atoms with E-state index >= 15 is 0 Å². The maximum absolute atomic E-state index is 11.4. The molecule has 4 nitrogen and oxygen atoms in total. The van der Waals surface area contributed by atoms with E-state index in [0.29, 0.717) is 23.0 Å². The molecule has 1 N–H and O–H groups in total. The number of rotatable bonds is 3. The zero-order valence-corrected chi connectivity index (χ0v) is 12.6. The second kappa shape index (κ2) is 5.05. The van der Waals surface area contributed by atoms with Crippen molar-refractivity contribution < 1.29 is 9.90 Å². The number of hydrogen-bond acceptors (Lipinski definition) is 3. The van der Waals surface area contributed by atoms with E-state index in [1.165, 1.54) is 31.4 Å². The van der Waals surface area contributed by atoms with Gasteiger partial charge in [0.25, 0.3) is 0 Å². The number of imidazole rings is 1. The molecular formula is C16H18N2O2S. The van der Waals surface area contributed by atoms with Crippen molar-refractivity contribution in [3.63, 3.8) is 0 Å². The van der Waals surface area contributed by atoms with Crippen LogP contribution in [-0.4, -0.2) is 32.1 Å². The van der Waals surface area contributed by atoms with Gasteiger partial charge in [0.15, 0.2) is 0 Å². The topological polar surface area (TPSA) is 55.1 Å². The number of aromatic carboxylic acids is 1. The standard InChI is InChI=1S/C16H18N2O2S/c19-16(20)12-4-1-5-13-14(12)17-15(10-6-7-10)18(13)11-3-2-8-21-9-11/h1,4-5,10-11H,2-3,6-9H2,(H,19,20). The summed E-state index contributed by atoms with van der Waals surface area (Å²) in [4.78, 5) is 16.2. The number of carbonyl (C=O) groups is 1. The predicted molar refractivity (Wildman–Crippen MR) is 84.3 cm³/mol. The van der Waals surface area contributed by atoms with Gasteiger partial charge in [0.2, 0.25) is 0 Å². The zero-order chi connectivity index (χ0) is 14.4. The summed E-state index contributed by atoms with van der Waals surface area (Å²) in [6, 6.07) is 6.00. The minimum absolute atomic E-state index is 0.330. The maximum Gasteiger partial charge on any atom is 0.337 e. The number of para-hydroxylation sites is 1. The van der Waals surface area contributed by atoms with Crippen molar-refractivity contribution >= 4 is 28.8 Å². The summed E-state index contributed by atoms with van der Waals surface area (Å²) in [5.74, 6) is 3.12. The number of benzene rings is 1. The fourth-order valence-electron chi connectivity index (χ4n) is 3.25. The quantitative estimate of drug-likeness (QED) is 0.939. The summed E-state index contributed by atoms with van der Waals surface area (Å²) in [7, 11) is 0. The molecule has 0 radical (unpaired) electrons. The first-order chi connectivity index (χ1) is 10.3.